The first kappa shape index (κ1) is 89.7. The van der Waals surface area contributed by atoms with Gasteiger partial charge in [0.25, 0.3) is 0 Å². The largest absolute Gasteiger partial charge is 3.00 e. The zero-order chi connectivity index (χ0) is 89.4. The van der Waals surface area contributed by atoms with E-state index in [0.29, 0.717) is 11.4 Å². The van der Waals surface area contributed by atoms with Crippen molar-refractivity contribution in [2.75, 3.05) is 0 Å². The van der Waals surface area contributed by atoms with E-state index < -0.39 is 0 Å². The summed E-state index contributed by atoms with van der Waals surface area (Å²) in [7, 11) is 0. The van der Waals surface area contributed by atoms with Crippen LogP contribution in [0.15, 0.2) is 353 Å². The van der Waals surface area contributed by atoms with Crippen molar-refractivity contribution in [3.63, 3.8) is 0 Å². The van der Waals surface area contributed by atoms with Crippen LogP contribution in [-0.4, -0.2) is 49.8 Å². The summed E-state index contributed by atoms with van der Waals surface area (Å²) in [6.07, 6.45) is 18.7. The third-order valence-electron chi connectivity index (χ3n) is 24.2. The van der Waals surface area contributed by atoms with Gasteiger partial charge in [0.1, 0.15) is 0 Å². The molecule has 19 rings (SSSR count). The summed E-state index contributed by atoms with van der Waals surface area (Å²) < 4.78 is 0. The van der Waals surface area contributed by atoms with E-state index in [2.05, 4.69) is 362 Å². The summed E-state index contributed by atoms with van der Waals surface area (Å²) >= 11 is 0. The molecule has 0 saturated heterocycles. The van der Waals surface area contributed by atoms with Gasteiger partial charge >= 0.3 is 40.2 Å². The Hall–Kier alpha value is -14.2. The van der Waals surface area contributed by atoms with Gasteiger partial charge in [-0.05, 0) is 218 Å². The molecule has 0 aliphatic rings. The number of hydrogen-bond donors (Lipinski definition) is 0. The van der Waals surface area contributed by atoms with E-state index in [4.69, 9.17) is 49.8 Å². The van der Waals surface area contributed by atoms with E-state index in [9.17, 15) is 0 Å². The molecule has 0 bridgehead atoms. The first-order valence-electron chi connectivity index (χ1n) is 44.1. The average Bonchev–Trinajstić information content (AvgIpc) is 0.767. The van der Waals surface area contributed by atoms with Crippen molar-refractivity contribution in [2.24, 2.45) is 0 Å². The van der Waals surface area contributed by atoms with Gasteiger partial charge in [-0.25, -0.2) is 0 Å². The quantitative estimate of drug-likeness (QED) is 0.0766. The fourth-order valence-electron chi connectivity index (χ4n) is 16.8. The SMILES string of the molecule is CC(C)(C)c1ccnc(-c2[c-]cc(-c3ncccc3-c3cc(-c4ccccc4-c4c[c-]c(-c5cnc(-c6[c-]cc(-c7ccccc7-c7cc(-c8cccnc8-c8c[c-]c(-c9cc(C(C)(C)C)ccn9)cc8)cc(-c8cccnc8-c8c[c-]c(-c9cc(C(C)(C)C)ccn9)cc8)c7)cc6)cn5)cc4)cc(-c4cccnc4-c4c[c-]c(-c5cc(C(C)(C)C)ccn5)cc4)c3)cc2)c1.[Ir+3].[Ir+3]. The molecule has 0 N–H and O–H groups in total. The van der Waals surface area contributed by atoms with Crippen LogP contribution < -0.4 is 0 Å². The van der Waals surface area contributed by atoms with Gasteiger partial charge in [-0.2, -0.15) is 0 Å². The van der Waals surface area contributed by atoms with Gasteiger partial charge in [0.05, 0.1) is 0 Å². The maximum Gasteiger partial charge on any atom is 3.00 e. The van der Waals surface area contributed by atoms with Gasteiger partial charge in [0, 0.05) is 96.1 Å². The topological polar surface area (TPSA) is 129 Å². The standard InChI is InChI=1S/C120H94N10.2Ir/c1-117(2,3)95-53-61-121-107(71-95)79-37-45-85(46-38-79)113-103(25-17-57-125-113)91-65-89(66-92(69-91)104-26-18-58-126-114(104)86-47-39-80(40-48-86)108-72-96(54-62-122-108)118(4,5)6)101-23-15-13-21-99(101)77-29-33-83(34-30-77)111-75-130-112(76-129-111)84-35-31-78(32-36-84)100-22-14-16-24-102(100)90-67-93(105-27-19-59-127-115(105)87-49-41-81(42-50-87)109-73-97(55-63-123-109)119(7,8)9)70-94(68-90)106-28-20-60-128-116(106)88-51-43-82(44-52-88)110-74-98(56-64-124-110)120(10,11)12;;/h13-33,35,37,39,41,43,45-76H,1-12H3;;/q-6;2*+3. The van der Waals surface area contributed by atoms with Crippen LogP contribution in [-0.2, 0) is 61.9 Å². The van der Waals surface area contributed by atoms with Crippen LogP contribution in [0.4, 0.5) is 0 Å². The molecule has 0 atom stereocenters. The fourth-order valence-corrected chi connectivity index (χ4v) is 16.8. The second kappa shape index (κ2) is 37.7. The molecule has 0 aliphatic carbocycles. The van der Waals surface area contributed by atoms with Gasteiger partial charge in [0.2, 0.25) is 0 Å². The Balaban J connectivity index is 0.00000608. The van der Waals surface area contributed by atoms with Gasteiger partial charge in [-0.1, -0.05) is 225 Å². The number of pyridine rings is 8. The second-order valence-electron chi connectivity index (χ2n) is 37.2. The molecule has 0 saturated carbocycles. The van der Waals surface area contributed by atoms with Gasteiger partial charge < -0.3 is 29.9 Å². The molecular weight excluding hydrogens is 1970 g/mol. The average molecular weight is 2060 g/mol. The molecule has 0 amide bonds. The summed E-state index contributed by atoms with van der Waals surface area (Å²) in [6.45, 7) is 26.6. The second-order valence-corrected chi connectivity index (χ2v) is 37.2. The molecule has 0 spiro atoms. The monoisotopic (exact) mass is 2060 g/mol. The van der Waals surface area contributed by atoms with Crippen LogP contribution in [0.2, 0.25) is 0 Å². The summed E-state index contributed by atoms with van der Waals surface area (Å²) in [4.78, 5) is 49.6. The smallest absolute Gasteiger partial charge is 0.311 e. The van der Waals surface area contributed by atoms with Crippen LogP contribution in [0.25, 0.3) is 202 Å². The zero-order valence-electron chi connectivity index (χ0n) is 75.6. The van der Waals surface area contributed by atoms with Crippen LogP contribution >= 0.6 is 0 Å². The van der Waals surface area contributed by atoms with Crippen molar-refractivity contribution < 1.29 is 40.2 Å². The van der Waals surface area contributed by atoms with Crippen molar-refractivity contribution in [2.45, 2.75) is 105 Å². The Morgan fingerprint density at radius 1 is 0.174 bits per heavy atom. The molecule has 12 heteroatoms. The maximum atomic E-state index is 5.12. The van der Waals surface area contributed by atoms with Crippen molar-refractivity contribution >= 4 is 0 Å². The molecule has 642 valence electrons. The van der Waals surface area contributed by atoms with E-state index in [1.165, 1.54) is 22.3 Å². The first-order chi connectivity index (χ1) is 62.9. The Kier molecular flexibility index (Phi) is 25.6. The van der Waals surface area contributed by atoms with Crippen LogP contribution in [0.1, 0.15) is 105 Å². The normalized spacial score (nSPS) is 11.7. The van der Waals surface area contributed by atoms with Gasteiger partial charge in [0.15, 0.2) is 0 Å². The Morgan fingerprint density at radius 3 is 0.591 bits per heavy atom. The maximum absolute atomic E-state index is 5.12. The van der Waals surface area contributed by atoms with E-state index in [1.807, 2.05) is 110 Å². The number of rotatable bonds is 18. The minimum absolute atomic E-state index is 0. The molecule has 0 unspecified atom stereocenters. The molecule has 19 aromatic rings. The van der Waals surface area contributed by atoms with Crippen LogP contribution in [0.5, 0.6) is 0 Å². The van der Waals surface area contributed by atoms with E-state index in [-0.39, 0.29) is 61.9 Å². The van der Waals surface area contributed by atoms with Gasteiger partial charge in [-0.3, -0.25) is 19.9 Å². The molecule has 0 fully saturated rings. The summed E-state index contributed by atoms with van der Waals surface area (Å²) in [5.74, 6) is 0. The van der Waals surface area contributed by atoms with E-state index in [0.717, 1.165) is 190 Å². The summed E-state index contributed by atoms with van der Waals surface area (Å²) in [5.41, 5.74) is 38.0. The molecule has 0 radical (unpaired) electrons. The number of nitrogens with zero attached hydrogens (tertiary/aromatic N) is 10. The van der Waals surface area contributed by atoms with E-state index in [1.54, 1.807) is 0 Å². The van der Waals surface area contributed by atoms with Crippen LogP contribution in [0, 0.1) is 36.4 Å². The first-order valence-corrected chi connectivity index (χ1v) is 44.1. The predicted octanol–water partition coefficient (Wildman–Crippen LogP) is 29.6. The van der Waals surface area contributed by atoms with Crippen LogP contribution in [0.3, 0.4) is 0 Å². The number of aromatic nitrogens is 10. The predicted molar refractivity (Wildman–Crippen MR) is 530 cm³/mol. The summed E-state index contributed by atoms with van der Waals surface area (Å²) in [5, 5.41) is 0. The van der Waals surface area contributed by atoms with Crippen molar-refractivity contribution in [3.8, 4) is 202 Å². The van der Waals surface area contributed by atoms with Crippen molar-refractivity contribution in [3.05, 3.63) is 412 Å². The fraction of sp³-hybridized carbons (Fsp3) is 0.133. The minimum Gasteiger partial charge on any atom is -0.311 e. The molecule has 9 aromatic heterocycles. The Labute approximate surface area is 801 Å². The number of hydrogen-bond acceptors (Lipinski definition) is 10. The van der Waals surface area contributed by atoms with Gasteiger partial charge in [-0.15, -0.1) is 179 Å². The van der Waals surface area contributed by atoms with Crippen molar-refractivity contribution in [1.82, 2.24) is 49.8 Å². The molecular formula is C120H94Ir2N10. The van der Waals surface area contributed by atoms with E-state index >= 15 is 0 Å². The van der Waals surface area contributed by atoms with Crippen molar-refractivity contribution in [1.29, 1.82) is 0 Å². The molecule has 0 aliphatic heterocycles. The zero-order valence-corrected chi connectivity index (χ0v) is 80.4. The molecule has 10 nitrogen and oxygen atoms in total. The third kappa shape index (κ3) is 19.2. The molecule has 132 heavy (non-hydrogen) atoms. The molecule has 10 aromatic carbocycles. The third-order valence-corrected chi connectivity index (χ3v) is 24.2. The molecule has 9 heterocycles. The summed E-state index contributed by atoms with van der Waals surface area (Å²) in [6, 6.07) is 124. The minimum atomic E-state index is -0.0309. The Bertz CT molecular complexity index is 6620. The Morgan fingerprint density at radius 2 is 0.379 bits per heavy atom. The number of benzene rings is 10.